The van der Waals surface area contributed by atoms with Crippen LogP contribution in [-0.2, 0) is 22.2 Å². The van der Waals surface area contributed by atoms with E-state index in [9.17, 15) is 22.8 Å². The summed E-state index contributed by atoms with van der Waals surface area (Å²) in [5, 5.41) is 11.6. The highest BCUT2D eigenvalue weighted by Gasteiger charge is 2.31. The summed E-state index contributed by atoms with van der Waals surface area (Å²) in [6, 6.07) is 4.26. The molecule has 22 heavy (non-hydrogen) atoms. The van der Waals surface area contributed by atoms with Gasteiger partial charge < -0.3 is 10.4 Å². The Balaban J connectivity index is 1.86. The van der Waals surface area contributed by atoms with E-state index in [1.165, 1.54) is 12.1 Å². The van der Waals surface area contributed by atoms with Crippen LogP contribution in [0.3, 0.4) is 0 Å². The molecule has 1 aliphatic carbocycles. The van der Waals surface area contributed by atoms with Crippen molar-refractivity contribution in [2.24, 2.45) is 5.92 Å². The maximum absolute atomic E-state index is 12.4. The molecule has 4 nitrogen and oxygen atoms in total. The van der Waals surface area contributed by atoms with Gasteiger partial charge in [0.1, 0.15) is 0 Å². The van der Waals surface area contributed by atoms with Gasteiger partial charge in [0.2, 0.25) is 5.91 Å². The minimum Gasteiger partial charge on any atom is -0.481 e. The molecule has 1 aliphatic rings. The molecule has 0 aromatic heterocycles. The summed E-state index contributed by atoms with van der Waals surface area (Å²) in [7, 11) is 0. The Morgan fingerprint density at radius 1 is 1.18 bits per heavy atom. The van der Waals surface area contributed by atoms with Crippen LogP contribution in [0, 0.1) is 5.92 Å². The van der Waals surface area contributed by atoms with Crippen molar-refractivity contribution < 1.29 is 27.9 Å². The fourth-order valence-electron chi connectivity index (χ4n) is 2.61. The third kappa shape index (κ3) is 4.22. The first-order valence-corrected chi connectivity index (χ1v) is 6.94. The number of halogens is 3. The van der Waals surface area contributed by atoms with Gasteiger partial charge in [-0.3, -0.25) is 9.59 Å². The highest BCUT2D eigenvalue weighted by Crippen LogP contribution is 2.29. The van der Waals surface area contributed by atoms with E-state index in [1.54, 1.807) is 0 Å². The molecule has 1 aromatic carbocycles. The number of carbonyl (C=O) groups is 2. The molecule has 0 saturated heterocycles. The highest BCUT2D eigenvalue weighted by molar-refractivity contribution is 5.79. The topological polar surface area (TPSA) is 66.4 Å². The standard InChI is InChI=1S/C15H16F3NO3/c16-15(17,18)11-4-1-9(2-5-11)7-13(20)19-12-6-3-10(8-12)14(21)22/h1-2,4-5,10,12H,3,6-8H2,(H,19,20)(H,21,22)/t10-,12+/m1/s1. The third-order valence-corrected chi connectivity index (χ3v) is 3.79. The fourth-order valence-corrected chi connectivity index (χ4v) is 2.61. The first kappa shape index (κ1) is 16.3. The Kier molecular flexibility index (Phi) is 4.73. The van der Waals surface area contributed by atoms with Gasteiger partial charge in [-0.25, -0.2) is 0 Å². The van der Waals surface area contributed by atoms with Crippen LogP contribution in [0.4, 0.5) is 13.2 Å². The van der Waals surface area contributed by atoms with Gasteiger partial charge in [-0.15, -0.1) is 0 Å². The van der Waals surface area contributed by atoms with Crippen molar-refractivity contribution in [3.05, 3.63) is 35.4 Å². The first-order valence-electron chi connectivity index (χ1n) is 6.94. The lowest BCUT2D eigenvalue weighted by atomic mass is 10.1. The molecule has 0 heterocycles. The van der Waals surface area contributed by atoms with Crippen molar-refractivity contribution in [3.63, 3.8) is 0 Å². The van der Waals surface area contributed by atoms with E-state index < -0.39 is 23.6 Å². The quantitative estimate of drug-likeness (QED) is 0.897. The summed E-state index contributed by atoms with van der Waals surface area (Å²) in [6.07, 6.45) is -2.88. The fraction of sp³-hybridized carbons (Fsp3) is 0.467. The first-order chi connectivity index (χ1) is 10.3. The molecule has 2 rings (SSSR count). The molecular weight excluding hydrogens is 299 g/mol. The van der Waals surface area contributed by atoms with E-state index in [1.807, 2.05) is 0 Å². The van der Waals surface area contributed by atoms with Gasteiger partial charge in [-0.05, 0) is 37.0 Å². The van der Waals surface area contributed by atoms with Gasteiger partial charge in [0.25, 0.3) is 0 Å². The normalized spacial score (nSPS) is 21.6. The maximum atomic E-state index is 12.4. The number of carbonyl (C=O) groups excluding carboxylic acids is 1. The van der Waals surface area contributed by atoms with E-state index >= 15 is 0 Å². The van der Waals surface area contributed by atoms with Crippen molar-refractivity contribution >= 4 is 11.9 Å². The summed E-state index contributed by atoms with van der Waals surface area (Å²) < 4.78 is 37.3. The number of hydrogen-bond acceptors (Lipinski definition) is 2. The lowest BCUT2D eigenvalue weighted by Gasteiger charge is -2.13. The average molecular weight is 315 g/mol. The molecular formula is C15H16F3NO3. The van der Waals surface area contributed by atoms with Crippen LogP contribution in [0.2, 0.25) is 0 Å². The zero-order valence-electron chi connectivity index (χ0n) is 11.7. The zero-order chi connectivity index (χ0) is 16.3. The molecule has 1 saturated carbocycles. The Bertz CT molecular complexity index is 554. The molecule has 2 N–H and O–H groups in total. The van der Waals surface area contributed by atoms with Crippen molar-refractivity contribution in [1.29, 1.82) is 0 Å². The number of rotatable bonds is 4. The van der Waals surface area contributed by atoms with E-state index in [-0.39, 0.29) is 18.4 Å². The van der Waals surface area contributed by atoms with Gasteiger partial charge in [0.05, 0.1) is 17.9 Å². The number of benzene rings is 1. The predicted octanol–water partition coefficient (Wildman–Crippen LogP) is 2.62. The predicted molar refractivity (Wildman–Crippen MR) is 72.1 cm³/mol. The smallest absolute Gasteiger partial charge is 0.416 e. The zero-order valence-corrected chi connectivity index (χ0v) is 11.7. The molecule has 2 atom stereocenters. The van der Waals surface area contributed by atoms with Gasteiger partial charge >= 0.3 is 12.1 Å². The van der Waals surface area contributed by atoms with Gasteiger partial charge in [-0.2, -0.15) is 13.2 Å². The van der Waals surface area contributed by atoms with E-state index in [4.69, 9.17) is 5.11 Å². The number of amides is 1. The number of alkyl halides is 3. The molecule has 7 heteroatoms. The third-order valence-electron chi connectivity index (χ3n) is 3.79. The summed E-state index contributed by atoms with van der Waals surface area (Å²) in [5.74, 6) is -1.60. The van der Waals surface area contributed by atoms with Crippen molar-refractivity contribution in [1.82, 2.24) is 5.32 Å². The van der Waals surface area contributed by atoms with Gasteiger partial charge in [0.15, 0.2) is 0 Å². The molecule has 0 spiro atoms. The van der Waals surface area contributed by atoms with Gasteiger partial charge in [-0.1, -0.05) is 12.1 Å². The monoisotopic (exact) mass is 315 g/mol. The Hall–Kier alpha value is -2.05. The average Bonchev–Trinajstić information content (AvgIpc) is 2.86. The number of hydrogen-bond donors (Lipinski definition) is 2. The number of carboxylic acids is 1. The summed E-state index contributed by atoms with van der Waals surface area (Å²) in [5.41, 5.74) is -0.268. The second-order valence-corrected chi connectivity index (χ2v) is 5.48. The molecule has 0 radical (unpaired) electrons. The van der Waals surface area contributed by atoms with Gasteiger partial charge in [0, 0.05) is 6.04 Å². The summed E-state index contributed by atoms with van der Waals surface area (Å²) in [6.45, 7) is 0. The van der Waals surface area contributed by atoms with Crippen LogP contribution in [0.5, 0.6) is 0 Å². The minimum atomic E-state index is -4.39. The molecule has 120 valence electrons. The molecule has 0 bridgehead atoms. The van der Waals surface area contributed by atoms with Crippen molar-refractivity contribution in [2.75, 3.05) is 0 Å². The summed E-state index contributed by atoms with van der Waals surface area (Å²) >= 11 is 0. The molecule has 1 aromatic rings. The SMILES string of the molecule is O=C(Cc1ccc(C(F)(F)F)cc1)N[C@H]1CC[C@@H](C(=O)O)C1. The highest BCUT2D eigenvalue weighted by atomic mass is 19.4. The lowest BCUT2D eigenvalue weighted by Crippen LogP contribution is -2.34. The minimum absolute atomic E-state index is 0.0215. The second-order valence-electron chi connectivity index (χ2n) is 5.48. The second kappa shape index (κ2) is 6.37. The maximum Gasteiger partial charge on any atom is 0.416 e. The number of carboxylic acid groups (broad SMARTS) is 1. The Morgan fingerprint density at radius 2 is 1.82 bits per heavy atom. The lowest BCUT2D eigenvalue weighted by molar-refractivity contribution is -0.141. The van der Waals surface area contributed by atoms with Crippen LogP contribution in [-0.4, -0.2) is 23.0 Å². The van der Waals surface area contributed by atoms with E-state index in [0.717, 1.165) is 12.1 Å². The number of nitrogens with one attached hydrogen (secondary N) is 1. The van der Waals surface area contributed by atoms with Crippen LogP contribution in [0.25, 0.3) is 0 Å². The molecule has 0 aliphatic heterocycles. The molecule has 1 amide bonds. The number of aliphatic carboxylic acids is 1. The Labute approximate surface area is 125 Å². The van der Waals surface area contributed by atoms with E-state index in [0.29, 0.717) is 24.8 Å². The van der Waals surface area contributed by atoms with Crippen molar-refractivity contribution in [3.8, 4) is 0 Å². The van der Waals surface area contributed by atoms with Crippen LogP contribution in [0.1, 0.15) is 30.4 Å². The largest absolute Gasteiger partial charge is 0.481 e. The molecule has 1 fully saturated rings. The van der Waals surface area contributed by atoms with E-state index in [2.05, 4.69) is 5.32 Å². The van der Waals surface area contributed by atoms with Crippen LogP contribution < -0.4 is 5.32 Å². The van der Waals surface area contributed by atoms with Crippen LogP contribution in [0.15, 0.2) is 24.3 Å². The Morgan fingerprint density at radius 3 is 2.32 bits per heavy atom. The van der Waals surface area contributed by atoms with Crippen molar-refractivity contribution in [2.45, 2.75) is 37.9 Å². The van der Waals surface area contributed by atoms with Crippen LogP contribution >= 0.6 is 0 Å². The summed E-state index contributed by atoms with van der Waals surface area (Å²) in [4.78, 5) is 22.7. The molecule has 0 unspecified atom stereocenters.